The molecule has 0 unspecified atom stereocenters. The van der Waals surface area contributed by atoms with Crippen LogP contribution in [0.1, 0.15) is 5.56 Å². The molecule has 2 N–H and O–H groups in total. The molecule has 1 amide bonds. The summed E-state index contributed by atoms with van der Waals surface area (Å²) < 4.78 is 0. The number of carbonyl (C=O) groups is 2. The molecule has 0 aliphatic rings. The van der Waals surface area contributed by atoms with E-state index in [1.54, 1.807) is 4.90 Å². The van der Waals surface area contributed by atoms with Gasteiger partial charge in [0.2, 0.25) is 5.91 Å². The van der Waals surface area contributed by atoms with E-state index in [2.05, 4.69) is 5.32 Å². The molecule has 0 bridgehead atoms. The molecule has 116 valence electrons. The highest BCUT2D eigenvalue weighted by molar-refractivity contribution is 5.79. The van der Waals surface area contributed by atoms with Crippen molar-refractivity contribution in [3.63, 3.8) is 0 Å². The van der Waals surface area contributed by atoms with Crippen LogP contribution < -0.4 is 5.32 Å². The van der Waals surface area contributed by atoms with Gasteiger partial charge in [-0.3, -0.25) is 14.5 Å². The average molecular weight is 293 g/mol. The third-order valence-electron chi connectivity index (χ3n) is 2.92. The largest absolute Gasteiger partial charge is 0.480 e. The number of carboxylic acids is 1. The van der Waals surface area contributed by atoms with E-state index in [0.717, 1.165) is 5.56 Å². The smallest absolute Gasteiger partial charge is 0.317 e. The first-order valence-electron chi connectivity index (χ1n) is 6.87. The van der Waals surface area contributed by atoms with Gasteiger partial charge in [0, 0.05) is 19.6 Å². The van der Waals surface area contributed by atoms with Crippen molar-refractivity contribution in [3.8, 4) is 0 Å². The van der Waals surface area contributed by atoms with Crippen LogP contribution in [0.4, 0.5) is 0 Å². The number of carbonyl (C=O) groups excluding carboxylic acids is 1. The Balaban J connectivity index is 2.41. The number of carboxylic acid groups (broad SMARTS) is 1. The second-order valence-electron chi connectivity index (χ2n) is 5.17. The fourth-order valence-electron chi connectivity index (χ4n) is 1.80. The van der Waals surface area contributed by atoms with E-state index in [4.69, 9.17) is 5.11 Å². The van der Waals surface area contributed by atoms with E-state index in [0.29, 0.717) is 19.6 Å². The molecule has 6 nitrogen and oxygen atoms in total. The van der Waals surface area contributed by atoms with E-state index in [1.807, 2.05) is 49.3 Å². The molecule has 21 heavy (non-hydrogen) atoms. The molecule has 0 fully saturated rings. The molecule has 1 rings (SSSR count). The molecule has 0 radical (unpaired) electrons. The van der Waals surface area contributed by atoms with E-state index < -0.39 is 5.97 Å². The van der Waals surface area contributed by atoms with Gasteiger partial charge in [-0.05, 0) is 19.7 Å². The molecule has 0 aliphatic carbocycles. The highest BCUT2D eigenvalue weighted by atomic mass is 16.4. The fraction of sp³-hybridized carbons (Fsp3) is 0.467. The third-order valence-corrected chi connectivity index (χ3v) is 2.92. The van der Waals surface area contributed by atoms with Crippen molar-refractivity contribution >= 4 is 11.9 Å². The Kier molecular flexibility index (Phi) is 7.42. The molecule has 0 saturated carbocycles. The number of rotatable bonds is 9. The van der Waals surface area contributed by atoms with Crippen LogP contribution in [0.3, 0.4) is 0 Å². The van der Waals surface area contributed by atoms with Gasteiger partial charge in [0.15, 0.2) is 0 Å². The lowest BCUT2D eigenvalue weighted by molar-refractivity contribution is -0.138. The normalized spacial score (nSPS) is 10.9. The summed E-state index contributed by atoms with van der Waals surface area (Å²) in [5, 5.41) is 11.7. The van der Waals surface area contributed by atoms with Crippen LogP contribution in [0.5, 0.6) is 0 Å². The summed E-state index contributed by atoms with van der Waals surface area (Å²) in [6.07, 6.45) is 0. The van der Waals surface area contributed by atoms with Gasteiger partial charge in [-0.25, -0.2) is 0 Å². The van der Waals surface area contributed by atoms with Crippen molar-refractivity contribution in [1.82, 2.24) is 15.1 Å². The van der Waals surface area contributed by atoms with Crippen molar-refractivity contribution in [2.24, 2.45) is 0 Å². The number of hydrogen-bond acceptors (Lipinski definition) is 4. The lowest BCUT2D eigenvalue weighted by atomic mass is 10.2. The summed E-state index contributed by atoms with van der Waals surface area (Å²) in [6.45, 7) is 1.66. The number of hydrogen-bond donors (Lipinski definition) is 2. The van der Waals surface area contributed by atoms with Crippen molar-refractivity contribution < 1.29 is 14.7 Å². The molecule has 0 spiro atoms. The van der Waals surface area contributed by atoms with Crippen LogP contribution in [0.2, 0.25) is 0 Å². The van der Waals surface area contributed by atoms with Gasteiger partial charge < -0.3 is 15.3 Å². The molecule has 0 heterocycles. The summed E-state index contributed by atoms with van der Waals surface area (Å²) in [6, 6.07) is 9.61. The standard InChI is InChI=1S/C15H23N3O3/c1-17(2)8-9-18(12-15(20)21)11-14(19)16-10-13-6-4-3-5-7-13/h3-7H,8-12H2,1-2H3,(H,16,19)(H,20,21). The summed E-state index contributed by atoms with van der Waals surface area (Å²) >= 11 is 0. The first-order chi connectivity index (χ1) is 9.97. The minimum Gasteiger partial charge on any atom is -0.480 e. The Morgan fingerprint density at radius 3 is 2.33 bits per heavy atom. The fourth-order valence-corrected chi connectivity index (χ4v) is 1.80. The van der Waals surface area contributed by atoms with Crippen molar-refractivity contribution in [1.29, 1.82) is 0 Å². The number of likely N-dealkylation sites (N-methyl/N-ethyl adjacent to an activating group) is 1. The predicted octanol–water partition coefficient (Wildman–Crippen LogP) is 0.251. The Labute approximate surface area is 125 Å². The molecular formula is C15H23N3O3. The Morgan fingerprint density at radius 1 is 1.10 bits per heavy atom. The summed E-state index contributed by atoms with van der Waals surface area (Å²) in [4.78, 5) is 26.3. The maximum atomic E-state index is 11.9. The summed E-state index contributed by atoms with van der Waals surface area (Å²) in [5.74, 6) is -1.09. The first-order valence-corrected chi connectivity index (χ1v) is 6.87. The van der Waals surface area contributed by atoms with Gasteiger partial charge in [-0.15, -0.1) is 0 Å². The summed E-state index contributed by atoms with van der Waals surface area (Å²) in [5.41, 5.74) is 1.02. The predicted molar refractivity (Wildman–Crippen MR) is 80.9 cm³/mol. The summed E-state index contributed by atoms with van der Waals surface area (Å²) in [7, 11) is 3.82. The van der Waals surface area contributed by atoms with E-state index in [9.17, 15) is 9.59 Å². The Hall–Kier alpha value is -1.92. The van der Waals surface area contributed by atoms with E-state index in [-0.39, 0.29) is 19.0 Å². The molecule has 1 aromatic carbocycles. The molecule has 0 saturated heterocycles. The van der Waals surface area contributed by atoms with Gasteiger partial charge >= 0.3 is 5.97 Å². The monoisotopic (exact) mass is 293 g/mol. The van der Waals surface area contributed by atoms with Crippen LogP contribution in [-0.4, -0.2) is 67.1 Å². The van der Waals surface area contributed by atoms with Gasteiger partial charge in [0.05, 0.1) is 13.1 Å². The van der Waals surface area contributed by atoms with Crippen molar-refractivity contribution in [3.05, 3.63) is 35.9 Å². The van der Waals surface area contributed by atoms with E-state index in [1.165, 1.54) is 0 Å². The maximum Gasteiger partial charge on any atom is 0.317 e. The zero-order valence-corrected chi connectivity index (χ0v) is 12.6. The number of benzene rings is 1. The zero-order valence-electron chi connectivity index (χ0n) is 12.6. The second-order valence-corrected chi connectivity index (χ2v) is 5.17. The van der Waals surface area contributed by atoms with Crippen LogP contribution in [0, 0.1) is 0 Å². The lowest BCUT2D eigenvalue weighted by Gasteiger charge is -2.21. The highest BCUT2D eigenvalue weighted by Gasteiger charge is 2.14. The minimum atomic E-state index is -0.926. The SMILES string of the molecule is CN(C)CCN(CC(=O)O)CC(=O)NCc1ccccc1. The lowest BCUT2D eigenvalue weighted by Crippen LogP contribution is -2.42. The van der Waals surface area contributed by atoms with Gasteiger partial charge in [-0.1, -0.05) is 30.3 Å². The topological polar surface area (TPSA) is 72.9 Å². The molecule has 0 aliphatic heterocycles. The van der Waals surface area contributed by atoms with Crippen molar-refractivity contribution in [2.45, 2.75) is 6.54 Å². The molecule has 1 aromatic rings. The first kappa shape index (κ1) is 17.1. The number of amides is 1. The number of nitrogens with zero attached hydrogens (tertiary/aromatic N) is 2. The van der Waals surface area contributed by atoms with Gasteiger partial charge in [0.1, 0.15) is 0 Å². The zero-order chi connectivity index (χ0) is 15.7. The van der Waals surface area contributed by atoms with E-state index >= 15 is 0 Å². The third kappa shape index (κ3) is 8.06. The van der Waals surface area contributed by atoms with Gasteiger partial charge in [0.25, 0.3) is 0 Å². The van der Waals surface area contributed by atoms with Crippen molar-refractivity contribution in [2.75, 3.05) is 40.3 Å². The number of nitrogens with one attached hydrogen (secondary N) is 1. The molecular weight excluding hydrogens is 270 g/mol. The van der Waals surface area contributed by atoms with Crippen LogP contribution in [0.15, 0.2) is 30.3 Å². The number of aliphatic carboxylic acids is 1. The second kappa shape index (κ2) is 9.10. The van der Waals surface area contributed by atoms with Crippen LogP contribution in [-0.2, 0) is 16.1 Å². The Bertz CT molecular complexity index is 449. The maximum absolute atomic E-state index is 11.9. The Morgan fingerprint density at radius 2 is 1.76 bits per heavy atom. The van der Waals surface area contributed by atoms with Crippen LogP contribution in [0.25, 0.3) is 0 Å². The molecule has 6 heteroatoms. The van der Waals surface area contributed by atoms with Crippen LogP contribution >= 0.6 is 0 Å². The average Bonchev–Trinajstić information content (AvgIpc) is 2.43. The molecule has 0 atom stereocenters. The quantitative estimate of drug-likeness (QED) is 0.683. The molecule has 0 aromatic heterocycles. The van der Waals surface area contributed by atoms with Gasteiger partial charge in [-0.2, -0.15) is 0 Å². The minimum absolute atomic E-state index is 0.0903. The highest BCUT2D eigenvalue weighted by Crippen LogP contribution is 1.97.